The van der Waals surface area contributed by atoms with Gasteiger partial charge in [0.15, 0.2) is 0 Å². The number of oxime groups is 2. The molecule has 0 amide bonds. The molecule has 4 heteroatoms. The third-order valence-corrected chi connectivity index (χ3v) is 3.24. The van der Waals surface area contributed by atoms with Gasteiger partial charge in [-0.3, -0.25) is 0 Å². The van der Waals surface area contributed by atoms with E-state index in [1.54, 1.807) is 13.8 Å². The molecule has 2 aromatic rings. The van der Waals surface area contributed by atoms with Crippen molar-refractivity contribution in [1.29, 1.82) is 0 Å². The zero-order valence-electron chi connectivity index (χ0n) is 11.4. The Bertz CT molecular complexity index is 582. The Hall–Kier alpha value is -2.62. The first-order chi connectivity index (χ1) is 9.65. The van der Waals surface area contributed by atoms with Gasteiger partial charge in [0.05, 0.1) is 11.4 Å². The molecule has 0 aromatic heterocycles. The summed E-state index contributed by atoms with van der Waals surface area (Å²) in [6, 6.07) is 15.6. The van der Waals surface area contributed by atoms with Crippen LogP contribution in [0.1, 0.15) is 25.0 Å². The van der Waals surface area contributed by atoms with Gasteiger partial charge in [0.2, 0.25) is 0 Å². The minimum Gasteiger partial charge on any atom is -0.411 e. The molecule has 0 aliphatic heterocycles. The van der Waals surface area contributed by atoms with Crippen molar-refractivity contribution in [2.75, 3.05) is 0 Å². The van der Waals surface area contributed by atoms with Gasteiger partial charge in [-0.25, -0.2) is 0 Å². The number of hydrogen-bond acceptors (Lipinski definition) is 4. The Morgan fingerprint density at radius 3 is 1.20 bits per heavy atom. The molecule has 0 saturated heterocycles. The number of hydrogen-bond donors (Lipinski definition) is 2. The van der Waals surface area contributed by atoms with E-state index in [0.717, 1.165) is 22.3 Å². The van der Waals surface area contributed by atoms with Gasteiger partial charge in [-0.2, -0.15) is 0 Å². The minimum absolute atomic E-state index is 0.585. The molecule has 0 aliphatic rings. The van der Waals surface area contributed by atoms with E-state index < -0.39 is 0 Å². The van der Waals surface area contributed by atoms with E-state index in [1.165, 1.54) is 0 Å². The van der Waals surface area contributed by atoms with E-state index >= 15 is 0 Å². The molecule has 102 valence electrons. The first kappa shape index (κ1) is 13.8. The summed E-state index contributed by atoms with van der Waals surface area (Å²) >= 11 is 0. The lowest BCUT2D eigenvalue weighted by Crippen LogP contribution is -1.95. The quantitative estimate of drug-likeness (QED) is 0.506. The zero-order valence-corrected chi connectivity index (χ0v) is 11.4. The second-order valence-corrected chi connectivity index (χ2v) is 4.53. The zero-order chi connectivity index (χ0) is 14.5. The first-order valence-electron chi connectivity index (χ1n) is 6.24. The number of benzene rings is 2. The number of rotatable bonds is 3. The fourth-order valence-corrected chi connectivity index (χ4v) is 1.92. The normalized spacial score (nSPS) is 12.5. The van der Waals surface area contributed by atoms with E-state index in [-0.39, 0.29) is 0 Å². The molecule has 0 unspecified atom stereocenters. The standard InChI is InChI=1S/C16H16N2O2/c1-11(17-19)13-3-7-15(8-4-13)16-9-5-14(6-10-16)12(2)18-20/h3-10,19-20H,1-2H3/b17-11+,18-12+. The highest BCUT2D eigenvalue weighted by Gasteiger charge is 2.02. The molecule has 0 aliphatic carbocycles. The minimum atomic E-state index is 0.585. The maximum Gasteiger partial charge on any atom is 0.0836 e. The fourth-order valence-electron chi connectivity index (χ4n) is 1.92. The van der Waals surface area contributed by atoms with Crippen LogP contribution < -0.4 is 0 Å². The average molecular weight is 268 g/mol. The lowest BCUT2D eigenvalue weighted by atomic mass is 10.0. The Kier molecular flexibility index (Phi) is 4.15. The summed E-state index contributed by atoms with van der Waals surface area (Å²) in [5.41, 5.74) is 5.09. The predicted octanol–water partition coefficient (Wildman–Crippen LogP) is 3.75. The summed E-state index contributed by atoms with van der Waals surface area (Å²) in [6.45, 7) is 3.50. The van der Waals surface area contributed by atoms with Gasteiger partial charge in [-0.05, 0) is 36.1 Å². The molecule has 0 heterocycles. The summed E-state index contributed by atoms with van der Waals surface area (Å²) in [5, 5.41) is 23.8. The maximum atomic E-state index is 8.74. The van der Waals surface area contributed by atoms with Crippen molar-refractivity contribution in [1.82, 2.24) is 0 Å². The van der Waals surface area contributed by atoms with E-state index in [9.17, 15) is 0 Å². The van der Waals surface area contributed by atoms with E-state index in [2.05, 4.69) is 10.3 Å². The summed E-state index contributed by atoms with van der Waals surface area (Å²) in [4.78, 5) is 0. The van der Waals surface area contributed by atoms with Gasteiger partial charge in [0.25, 0.3) is 0 Å². The summed E-state index contributed by atoms with van der Waals surface area (Å²) in [6.07, 6.45) is 0. The fraction of sp³-hybridized carbons (Fsp3) is 0.125. The van der Waals surface area contributed by atoms with Crippen molar-refractivity contribution in [2.24, 2.45) is 10.3 Å². The van der Waals surface area contributed by atoms with Crippen LogP contribution in [-0.4, -0.2) is 21.8 Å². The van der Waals surface area contributed by atoms with Crippen LogP contribution in [0.5, 0.6) is 0 Å². The topological polar surface area (TPSA) is 65.2 Å². The van der Waals surface area contributed by atoms with Gasteiger partial charge < -0.3 is 10.4 Å². The second kappa shape index (κ2) is 6.02. The van der Waals surface area contributed by atoms with Crippen molar-refractivity contribution in [3.8, 4) is 11.1 Å². The second-order valence-electron chi connectivity index (χ2n) is 4.53. The predicted molar refractivity (Wildman–Crippen MR) is 79.9 cm³/mol. The highest BCUT2D eigenvalue weighted by molar-refractivity contribution is 5.99. The molecule has 2 aromatic carbocycles. The SMILES string of the molecule is C/C(=N\O)c1ccc(-c2ccc(/C(C)=N/O)cc2)cc1. The smallest absolute Gasteiger partial charge is 0.0836 e. The summed E-state index contributed by atoms with van der Waals surface area (Å²) in [7, 11) is 0. The highest BCUT2D eigenvalue weighted by Crippen LogP contribution is 2.21. The van der Waals surface area contributed by atoms with Gasteiger partial charge >= 0.3 is 0 Å². The molecule has 0 radical (unpaired) electrons. The van der Waals surface area contributed by atoms with Crippen LogP contribution in [0, 0.1) is 0 Å². The molecule has 0 spiro atoms. The van der Waals surface area contributed by atoms with E-state index in [4.69, 9.17) is 10.4 Å². The van der Waals surface area contributed by atoms with Crippen molar-refractivity contribution < 1.29 is 10.4 Å². The van der Waals surface area contributed by atoms with Crippen LogP contribution in [0.2, 0.25) is 0 Å². The van der Waals surface area contributed by atoms with Crippen LogP contribution in [0.4, 0.5) is 0 Å². The first-order valence-corrected chi connectivity index (χ1v) is 6.24. The molecule has 2 rings (SSSR count). The average Bonchev–Trinajstić information content (AvgIpc) is 2.53. The third-order valence-electron chi connectivity index (χ3n) is 3.24. The Balaban J connectivity index is 2.28. The maximum absolute atomic E-state index is 8.74. The van der Waals surface area contributed by atoms with Crippen LogP contribution in [-0.2, 0) is 0 Å². The Morgan fingerprint density at radius 2 is 0.950 bits per heavy atom. The van der Waals surface area contributed by atoms with E-state index in [0.29, 0.717) is 11.4 Å². The van der Waals surface area contributed by atoms with Gasteiger partial charge in [0, 0.05) is 0 Å². The monoisotopic (exact) mass is 268 g/mol. The van der Waals surface area contributed by atoms with Crippen molar-refractivity contribution >= 4 is 11.4 Å². The third kappa shape index (κ3) is 2.85. The van der Waals surface area contributed by atoms with Crippen LogP contribution >= 0.6 is 0 Å². The lowest BCUT2D eigenvalue weighted by molar-refractivity contribution is 0.319. The van der Waals surface area contributed by atoms with Crippen molar-refractivity contribution in [2.45, 2.75) is 13.8 Å². The Labute approximate surface area is 117 Å². The van der Waals surface area contributed by atoms with Gasteiger partial charge in [0.1, 0.15) is 0 Å². The molecule has 0 fully saturated rings. The summed E-state index contributed by atoms with van der Waals surface area (Å²) in [5.74, 6) is 0. The number of nitrogens with zero attached hydrogens (tertiary/aromatic N) is 2. The molecule has 0 saturated carbocycles. The van der Waals surface area contributed by atoms with E-state index in [1.807, 2.05) is 48.5 Å². The molecule has 2 N–H and O–H groups in total. The molecular formula is C16H16N2O2. The lowest BCUT2D eigenvalue weighted by Gasteiger charge is -2.05. The Morgan fingerprint density at radius 1 is 0.650 bits per heavy atom. The van der Waals surface area contributed by atoms with Crippen LogP contribution in [0.25, 0.3) is 11.1 Å². The molecule has 20 heavy (non-hydrogen) atoms. The summed E-state index contributed by atoms with van der Waals surface area (Å²) < 4.78 is 0. The van der Waals surface area contributed by atoms with Gasteiger partial charge in [-0.1, -0.05) is 58.8 Å². The molecular weight excluding hydrogens is 252 g/mol. The van der Waals surface area contributed by atoms with Crippen molar-refractivity contribution in [3.63, 3.8) is 0 Å². The van der Waals surface area contributed by atoms with Gasteiger partial charge in [-0.15, -0.1) is 0 Å². The molecule has 4 nitrogen and oxygen atoms in total. The highest BCUT2D eigenvalue weighted by atomic mass is 16.4. The van der Waals surface area contributed by atoms with Crippen LogP contribution in [0.15, 0.2) is 58.8 Å². The van der Waals surface area contributed by atoms with Crippen molar-refractivity contribution in [3.05, 3.63) is 59.7 Å². The molecule has 0 atom stereocenters. The largest absolute Gasteiger partial charge is 0.411 e. The van der Waals surface area contributed by atoms with Crippen LogP contribution in [0.3, 0.4) is 0 Å². The molecule has 0 bridgehead atoms.